The van der Waals surface area contributed by atoms with Crippen molar-refractivity contribution in [3.8, 4) is 11.5 Å². The van der Waals surface area contributed by atoms with E-state index in [-0.39, 0.29) is 0 Å². The zero-order chi connectivity index (χ0) is 21.0. The van der Waals surface area contributed by atoms with E-state index in [9.17, 15) is 5.11 Å². The Bertz CT molecular complexity index is 1090. The Labute approximate surface area is 174 Å². The molecule has 0 aliphatic carbocycles. The molecule has 3 aromatic rings. The molecule has 0 saturated heterocycles. The monoisotopic (exact) mass is 406 g/mol. The van der Waals surface area contributed by atoms with Crippen molar-refractivity contribution in [1.29, 1.82) is 0 Å². The van der Waals surface area contributed by atoms with Crippen molar-refractivity contribution in [1.82, 2.24) is 10.2 Å². The minimum atomic E-state index is -0.725. The second-order valence-corrected chi connectivity index (χ2v) is 7.04. The van der Waals surface area contributed by atoms with Crippen LogP contribution in [0.3, 0.4) is 0 Å². The van der Waals surface area contributed by atoms with Crippen LogP contribution < -0.4 is 0 Å². The van der Waals surface area contributed by atoms with Gasteiger partial charge in [-0.1, -0.05) is 54.9 Å². The van der Waals surface area contributed by atoms with Crippen LogP contribution in [-0.2, 0) is 12.8 Å². The molecule has 1 heterocycles. The number of aromatic nitrogens is 2. The van der Waals surface area contributed by atoms with Crippen LogP contribution in [0.1, 0.15) is 36.8 Å². The highest BCUT2D eigenvalue weighted by Crippen LogP contribution is 2.35. The number of aliphatic hydroxyl groups excluding tert-OH is 1. The highest BCUT2D eigenvalue weighted by Gasteiger charge is 2.26. The molecule has 0 aliphatic rings. The molecule has 0 spiro atoms. The molecule has 29 heavy (non-hydrogen) atoms. The Morgan fingerprint density at radius 2 is 1.83 bits per heavy atom. The second kappa shape index (κ2) is 8.87. The van der Waals surface area contributed by atoms with Crippen LogP contribution in [0.25, 0.3) is 21.1 Å². The maximum atomic E-state index is 10.4. The lowest BCUT2D eigenvalue weighted by Crippen LogP contribution is -2.18. The maximum Gasteiger partial charge on any atom is 0.247 e. The van der Waals surface area contributed by atoms with Gasteiger partial charge in [-0.15, -0.1) is 10.2 Å². The molecule has 0 amide bonds. The van der Waals surface area contributed by atoms with E-state index in [1.165, 1.54) is 0 Å². The Morgan fingerprint density at radius 3 is 2.41 bits per heavy atom. The summed E-state index contributed by atoms with van der Waals surface area (Å²) < 4.78 is 5.85. The fraction of sp³-hybridized carbons (Fsp3) is 0.273. The molecule has 0 saturated carbocycles. The molecular weight excluding hydrogens is 388 g/mol. The van der Waals surface area contributed by atoms with E-state index in [1.54, 1.807) is 37.3 Å². The smallest absolute Gasteiger partial charge is 0.247 e. The van der Waals surface area contributed by atoms with Gasteiger partial charge in [-0.2, -0.15) is 0 Å². The first-order chi connectivity index (χ1) is 14.0. The van der Waals surface area contributed by atoms with Gasteiger partial charge < -0.3 is 9.52 Å². The molecule has 0 fully saturated rings. The summed E-state index contributed by atoms with van der Waals surface area (Å²) in [5, 5.41) is 19.1. The Morgan fingerprint density at radius 1 is 1.10 bits per heavy atom. The quantitative estimate of drug-likeness (QED) is 0.528. The van der Waals surface area contributed by atoms with E-state index < -0.39 is 12.0 Å². The molecule has 0 unspecified atom stereocenters. The molecule has 1 aromatic heterocycles. The molecule has 146 valence electrons. The van der Waals surface area contributed by atoms with Crippen LogP contribution in [-0.4, -0.2) is 21.4 Å². The van der Waals surface area contributed by atoms with Gasteiger partial charge in [-0.25, -0.2) is 9.69 Å². The number of rotatable bonds is 6. The normalized spacial score (nSPS) is 12.8. The fourth-order valence-electron chi connectivity index (χ4n) is 3.19. The summed E-state index contributed by atoms with van der Waals surface area (Å²) in [5.74, 6) is 0.245. The average molecular weight is 407 g/mol. The topological polar surface area (TPSA) is 67.9 Å². The molecule has 0 radical (unpaired) electrons. The number of benzene rings is 2. The Balaban J connectivity index is 1.92. The van der Waals surface area contributed by atoms with Crippen molar-refractivity contribution >= 4 is 23.0 Å². The zero-order valence-electron chi connectivity index (χ0n) is 16.1. The summed E-state index contributed by atoms with van der Waals surface area (Å²) in [7, 11) is 0. The van der Waals surface area contributed by atoms with E-state index in [1.807, 2.05) is 13.0 Å². The fourth-order valence-corrected chi connectivity index (χ4v) is 3.55. The minimum Gasteiger partial charge on any atom is -0.420 e. The predicted molar refractivity (Wildman–Crippen MR) is 111 cm³/mol. The summed E-state index contributed by atoms with van der Waals surface area (Å²) in [4.78, 5) is 6.82. The maximum absolute atomic E-state index is 10.4. The molecule has 2 atom stereocenters. The summed E-state index contributed by atoms with van der Waals surface area (Å²) in [6.07, 6.45) is 0.403. The molecule has 3 rings (SSSR count). The SMILES string of the molecule is [C-]#[N+]c1ccc(-c2nnc([C@H](Cc3ccc([N+]#[C-])c(Cl)c3CC)[C@@H](C)O)o2)cc1. The van der Waals surface area contributed by atoms with E-state index >= 15 is 0 Å². The lowest BCUT2D eigenvalue weighted by Gasteiger charge is -2.19. The van der Waals surface area contributed by atoms with Gasteiger partial charge in [-0.05, 0) is 30.9 Å². The summed E-state index contributed by atoms with van der Waals surface area (Å²) in [6, 6.07) is 10.4. The average Bonchev–Trinajstić information content (AvgIpc) is 3.21. The number of halogens is 1. The summed E-state index contributed by atoms with van der Waals surface area (Å²) >= 11 is 6.38. The standard InChI is InChI=1S/C22H19ClN4O2/c1-5-17-15(8-11-19(25-4)20(17)23)12-18(13(2)28)22-27-26-21(29-22)14-6-9-16(24-3)10-7-14/h6-11,13,18,28H,5,12H2,1-2H3/t13-,18-/m1/s1. The molecule has 0 aliphatic heterocycles. The van der Waals surface area contributed by atoms with E-state index in [0.717, 1.165) is 11.1 Å². The molecule has 0 bridgehead atoms. The first kappa shape index (κ1) is 20.5. The van der Waals surface area contributed by atoms with Gasteiger partial charge in [0.15, 0.2) is 5.69 Å². The number of hydrogen-bond donors (Lipinski definition) is 1. The van der Waals surface area contributed by atoms with Crippen LogP contribution in [0, 0.1) is 13.1 Å². The van der Waals surface area contributed by atoms with Crippen LogP contribution in [0.5, 0.6) is 0 Å². The van der Waals surface area contributed by atoms with Crippen LogP contribution >= 0.6 is 11.6 Å². The summed E-state index contributed by atoms with van der Waals surface area (Å²) in [6.45, 7) is 17.9. The van der Waals surface area contributed by atoms with Crippen LogP contribution in [0.2, 0.25) is 5.02 Å². The Kier molecular flexibility index (Phi) is 6.29. The van der Waals surface area contributed by atoms with Crippen LogP contribution in [0.4, 0.5) is 11.4 Å². The lowest BCUT2D eigenvalue weighted by atomic mass is 9.91. The number of nitrogens with zero attached hydrogens (tertiary/aromatic N) is 4. The van der Waals surface area contributed by atoms with E-state index in [2.05, 4.69) is 19.9 Å². The van der Waals surface area contributed by atoms with Gasteiger partial charge in [0.25, 0.3) is 0 Å². The highest BCUT2D eigenvalue weighted by molar-refractivity contribution is 6.34. The Hall–Kier alpha value is -3.19. The highest BCUT2D eigenvalue weighted by atomic mass is 35.5. The molecule has 7 heteroatoms. The van der Waals surface area contributed by atoms with E-state index in [4.69, 9.17) is 29.2 Å². The number of aliphatic hydroxyl groups is 1. The molecular formula is C22H19ClN4O2. The minimum absolute atomic E-state index is 0.330. The largest absolute Gasteiger partial charge is 0.420 e. The van der Waals surface area contributed by atoms with Gasteiger partial charge >= 0.3 is 0 Å². The lowest BCUT2D eigenvalue weighted by molar-refractivity contribution is 0.148. The predicted octanol–water partition coefficient (Wildman–Crippen LogP) is 5.76. The van der Waals surface area contributed by atoms with Gasteiger partial charge in [0, 0.05) is 5.56 Å². The second-order valence-electron chi connectivity index (χ2n) is 6.66. The van der Waals surface area contributed by atoms with Crippen molar-refractivity contribution in [2.45, 2.75) is 38.7 Å². The van der Waals surface area contributed by atoms with Crippen LogP contribution in [0.15, 0.2) is 40.8 Å². The van der Waals surface area contributed by atoms with Crippen molar-refractivity contribution < 1.29 is 9.52 Å². The van der Waals surface area contributed by atoms with Crippen molar-refractivity contribution in [3.05, 3.63) is 81.3 Å². The van der Waals surface area contributed by atoms with Gasteiger partial charge in [0.1, 0.15) is 0 Å². The number of hydrogen-bond acceptors (Lipinski definition) is 4. The van der Waals surface area contributed by atoms with Gasteiger partial charge in [0.05, 0.1) is 30.2 Å². The first-order valence-electron chi connectivity index (χ1n) is 9.15. The first-order valence-corrected chi connectivity index (χ1v) is 9.53. The van der Waals surface area contributed by atoms with Crippen molar-refractivity contribution in [2.75, 3.05) is 0 Å². The third kappa shape index (κ3) is 4.30. The molecule has 2 aromatic carbocycles. The summed E-state index contributed by atoms with van der Waals surface area (Å²) in [5.41, 5.74) is 3.49. The van der Waals surface area contributed by atoms with Crippen molar-refractivity contribution in [3.63, 3.8) is 0 Å². The third-order valence-electron chi connectivity index (χ3n) is 4.82. The van der Waals surface area contributed by atoms with E-state index in [0.29, 0.717) is 46.6 Å². The third-order valence-corrected chi connectivity index (χ3v) is 5.24. The molecule has 6 nitrogen and oxygen atoms in total. The van der Waals surface area contributed by atoms with Gasteiger partial charge in [0.2, 0.25) is 17.5 Å². The van der Waals surface area contributed by atoms with Crippen molar-refractivity contribution in [2.24, 2.45) is 0 Å². The molecule has 1 N–H and O–H groups in total. The zero-order valence-corrected chi connectivity index (χ0v) is 16.8. The van der Waals surface area contributed by atoms with Gasteiger partial charge in [-0.3, -0.25) is 0 Å².